The van der Waals surface area contributed by atoms with E-state index in [1.54, 1.807) is 48.5 Å². The van der Waals surface area contributed by atoms with Crippen molar-refractivity contribution in [1.82, 2.24) is 10.2 Å². The second-order valence-electron chi connectivity index (χ2n) is 15.3. The number of carbonyl (C=O) groups is 3. The Hall–Kier alpha value is -6.64. The standard InChI is InChI=1S/C49H40Cl2N4O6/c1-29-5-2-3-7-36(29)26-55-27-38-24-45-42(53-48(57)46(61-45)34-14-16-39(17-15-34)60-28-32-11-18-40(50)41(51)20-32)22-37(38)23-44(55)47(56)54-43(49(58)59)21-31-6-4-8-35(19-31)33-12-9-30(25-52)10-13-33/h2-20,22,24,43-44,46H,21,23,26-28H2,1H3,(H,53,57)(H,54,56)(H,58,59)/t43?,44-,46-/m0/s1. The molecule has 0 aliphatic carbocycles. The van der Waals surface area contributed by atoms with Crippen LogP contribution in [0.3, 0.4) is 0 Å². The van der Waals surface area contributed by atoms with Gasteiger partial charge in [0.15, 0.2) is 0 Å². The molecule has 12 heteroatoms. The number of carboxylic acids is 1. The molecule has 0 spiro atoms. The van der Waals surface area contributed by atoms with Crippen molar-refractivity contribution in [3.8, 4) is 28.7 Å². The minimum atomic E-state index is -1.19. The Morgan fingerprint density at radius 2 is 1.69 bits per heavy atom. The van der Waals surface area contributed by atoms with Crippen molar-refractivity contribution in [1.29, 1.82) is 5.26 Å². The Morgan fingerprint density at radius 1 is 0.902 bits per heavy atom. The number of benzene rings is 6. The van der Waals surface area contributed by atoms with Crippen molar-refractivity contribution in [2.75, 3.05) is 5.32 Å². The molecule has 0 aromatic heterocycles. The number of halogens is 2. The van der Waals surface area contributed by atoms with Gasteiger partial charge in [-0.2, -0.15) is 5.26 Å². The van der Waals surface area contributed by atoms with E-state index in [0.29, 0.717) is 51.4 Å². The fourth-order valence-electron chi connectivity index (χ4n) is 7.75. The largest absolute Gasteiger partial charge is 0.489 e. The van der Waals surface area contributed by atoms with E-state index >= 15 is 0 Å². The number of nitrogens with one attached hydrogen (secondary N) is 2. The van der Waals surface area contributed by atoms with Crippen molar-refractivity contribution in [2.45, 2.75) is 57.6 Å². The Morgan fingerprint density at radius 3 is 2.43 bits per heavy atom. The third-order valence-corrected chi connectivity index (χ3v) is 11.8. The zero-order valence-corrected chi connectivity index (χ0v) is 34.5. The van der Waals surface area contributed by atoms with Crippen LogP contribution < -0.4 is 20.1 Å². The van der Waals surface area contributed by atoms with Crippen molar-refractivity contribution in [2.24, 2.45) is 0 Å². The first-order chi connectivity index (χ1) is 29.5. The van der Waals surface area contributed by atoms with Crippen LogP contribution in [-0.4, -0.2) is 39.9 Å². The summed E-state index contributed by atoms with van der Waals surface area (Å²) < 4.78 is 12.3. The van der Waals surface area contributed by atoms with Gasteiger partial charge in [0.2, 0.25) is 12.0 Å². The quantitative estimate of drug-likeness (QED) is 0.111. The van der Waals surface area contributed by atoms with Gasteiger partial charge in [-0.25, -0.2) is 4.79 Å². The number of carbonyl (C=O) groups excluding carboxylic acids is 2. The fourth-order valence-corrected chi connectivity index (χ4v) is 8.07. The van der Waals surface area contributed by atoms with Crippen LogP contribution in [-0.2, 0) is 46.9 Å². The van der Waals surface area contributed by atoms with Crippen molar-refractivity contribution in [3.05, 3.63) is 182 Å². The van der Waals surface area contributed by atoms with Crippen molar-refractivity contribution >= 4 is 46.7 Å². The molecule has 0 fully saturated rings. The highest BCUT2D eigenvalue weighted by Gasteiger charge is 2.37. The van der Waals surface area contributed by atoms with Gasteiger partial charge in [0.25, 0.3) is 5.91 Å². The van der Waals surface area contributed by atoms with Gasteiger partial charge in [-0.15, -0.1) is 0 Å². The molecule has 0 radical (unpaired) electrons. The lowest BCUT2D eigenvalue weighted by molar-refractivity contribution is -0.142. The normalized spacial score (nSPS) is 16.2. The van der Waals surface area contributed by atoms with Crippen LogP contribution in [0.4, 0.5) is 5.69 Å². The topological polar surface area (TPSA) is 141 Å². The van der Waals surface area contributed by atoms with Crippen LogP contribution in [0.1, 0.15) is 50.6 Å². The van der Waals surface area contributed by atoms with Crippen LogP contribution in [0.5, 0.6) is 11.5 Å². The second kappa shape index (κ2) is 17.9. The molecule has 10 nitrogen and oxygen atoms in total. The molecule has 3 atom stereocenters. The Balaban J connectivity index is 0.998. The van der Waals surface area contributed by atoms with Crippen molar-refractivity contribution in [3.63, 3.8) is 0 Å². The highest BCUT2D eigenvalue weighted by molar-refractivity contribution is 6.42. The van der Waals surface area contributed by atoms with Gasteiger partial charge in [-0.1, -0.05) is 102 Å². The summed E-state index contributed by atoms with van der Waals surface area (Å²) in [6.45, 7) is 3.14. The summed E-state index contributed by atoms with van der Waals surface area (Å²) in [5, 5.41) is 26.3. The summed E-state index contributed by atoms with van der Waals surface area (Å²) in [6, 6.07) is 39.1. The van der Waals surface area contributed by atoms with Gasteiger partial charge in [-0.05, 0) is 106 Å². The first kappa shape index (κ1) is 41.1. The molecule has 306 valence electrons. The van der Waals surface area contributed by atoms with E-state index in [1.807, 2.05) is 85.8 Å². The molecule has 6 aromatic rings. The molecular weight excluding hydrogens is 811 g/mol. The van der Waals surface area contributed by atoms with Gasteiger partial charge in [0, 0.05) is 25.1 Å². The third-order valence-electron chi connectivity index (χ3n) is 11.1. The van der Waals surface area contributed by atoms with E-state index in [9.17, 15) is 24.8 Å². The summed E-state index contributed by atoms with van der Waals surface area (Å²) in [6.07, 6.45) is -0.555. The zero-order chi connectivity index (χ0) is 42.6. The number of nitriles is 1. The molecule has 8 rings (SSSR count). The molecule has 2 aliphatic heterocycles. The monoisotopic (exact) mass is 850 g/mol. The maximum absolute atomic E-state index is 14.3. The fraction of sp³-hybridized carbons (Fsp3) is 0.184. The molecule has 61 heavy (non-hydrogen) atoms. The number of ether oxygens (including phenoxy) is 2. The zero-order valence-electron chi connectivity index (χ0n) is 33.0. The molecule has 0 saturated carbocycles. The third kappa shape index (κ3) is 9.40. The maximum atomic E-state index is 14.3. The molecule has 2 heterocycles. The number of aliphatic carboxylic acids is 1. The van der Waals surface area contributed by atoms with Gasteiger partial charge >= 0.3 is 5.97 Å². The van der Waals surface area contributed by atoms with Crippen molar-refractivity contribution < 1.29 is 29.0 Å². The number of hydrogen-bond donors (Lipinski definition) is 3. The average molecular weight is 852 g/mol. The molecule has 0 bridgehead atoms. The lowest BCUT2D eigenvalue weighted by Crippen LogP contribution is -2.54. The molecule has 3 N–H and O–H groups in total. The number of carboxylic acid groups (broad SMARTS) is 1. The highest BCUT2D eigenvalue weighted by Crippen LogP contribution is 2.40. The molecule has 6 aromatic carbocycles. The minimum absolute atomic E-state index is 0.0683. The first-order valence-corrected chi connectivity index (χ1v) is 20.5. The Bertz CT molecular complexity index is 2680. The van der Waals surface area contributed by atoms with E-state index in [0.717, 1.165) is 44.5 Å². The Kier molecular flexibility index (Phi) is 12.1. The van der Waals surface area contributed by atoms with E-state index in [-0.39, 0.29) is 25.4 Å². The number of anilines is 1. The highest BCUT2D eigenvalue weighted by atomic mass is 35.5. The number of hydrogen-bond acceptors (Lipinski definition) is 7. The minimum Gasteiger partial charge on any atom is -0.489 e. The SMILES string of the molecule is Cc1ccccc1CN1Cc2cc3c(cc2C[C@H]1C(=O)NC(Cc1cccc(-c2ccc(C#N)cc2)c1)C(=O)O)NC(=O)[C@H](c1ccc(OCc2ccc(Cl)c(Cl)c2)cc1)O3. The lowest BCUT2D eigenvalue weighted by atomic mass is 9.91. The summed E-state index contributed by atoms with van der Waals surface area (Å²) in [5.74, 6) is -0.770. The van der Waals surface area contributed by atoms with Crippen LogP contribution in [0.25, 0.3) is 11.1 Å². The van der Waals surface area contributed by atoms with E-state index in [2.05, 4.69) is 21.6 Å². The van der Waals surface area contributed by atoms with Gasteiger partial charge in [-0.3, -0.25) is 14.5 Å². The van der Waals surface area contributed by atoms with Crippen LogP contribution in [0.2, 0.25) is 10.0 Å². The number of rotatable bonds is 12. The lowest BCUT2D eigenvalue weighted by Gasteiger charge is -2.38. The number of aryl methyl sites for hydroxylation is 1. The smallest absolute Gasteiger partial charge is 0.326 e. The van der Waals surface area contributed by atoms with Crippen LogP contribution in [0, 0.1) is 18.3 Å². The summed E-state index contributed by atoms with van der Waals surface area (Å²) in [4.78, 5) is 42.5. The van der Waals surface area contributed by atoms with Crippen LogP contribution >= 0.6 is 23.2 Å². The average Bonchev–Trinajstić information content (AvgIpc) is 3.26. The van der Waals surface area contributed by atoms with Gasteiger partial charge in [0.05, 0.1) is 33.4 Å². The summed E-state index contributed by atoms with van der Waals surface area (Å²) in [5.41, 5.74) is 8.97. The number of fused-ring (bicyclic) bond motifs is 2. The Labute approximate surface area is 363 Å². The van der Waals surface area contributed by atoms with E-state index < -0.39 is 30.1 Å². The molecule has 2 aliphatic rings. The van der Waals surface area contributed by atoms with E-state index in [1.165, 1.54) is 0 Å². The molecular formula is C49H40Cl2N4O6. The number of nitrogens with zero attached hydrogens (tertiary/aromatic N) is 2. The maximum Gasteiger partial charge on any atom is 0.326 e. The second-order valence-corrected chi connectivity index (χ2v) is 16.1. The summed E-state index contributed by atoms with van der Waals surface area (Å²) in [7, 11) is 0. The summed E-state index contributed by atoms with van der Waals surface area (Å²) >= 11 is 12.2. The molecule has 2 amide bonds. The van der Waals surface area contributed by atoms with Crippen LogP contribution in [0.15, 0.2) is 127 Å². The number of amides is 2. The molecule has 1 unspecified atom stereocenters. The van der Waals surface area contributed by atoms with Gasteiger partial charge < -0.3 is 25.2 Å². The predicted octanol–water partition coefficient (Wildman–Crippen LogP) is 9.23. The van der Waals surface area contributed by atoms with E-state index in [4.69, 9.17) is 32.7 Å². The predicted molar refractivity (Wildman–Crippen MR) is 233 cm³/mol. The molecule has 0 saturated heterocycles. The van der Waals surface area contributed by atoms with Gasteiger partial charge in [0.1, 0.15) is 24.1 Å². The first-order valence-electron chi connectivity index (χ1n) is 19.7.